The van der Waals surface area contributed by atoms with Crippen LogP contribution in [0.2, 0.25) is 0 Å². The molecule has 0 radical (unpaired) electrons. The minimum Gasteiger partial charge on any atom is -0.490 e. The lowest BCUT2D eigenvalue weighted by atomic mass is 10.1. The van der Waals surface area contributed by atoms with Gasteiger partial charge in [0.15, 0.2) is 5.78 Å². The Morgan fingerprint density at radius 3 is 2.64 bits per heavy atom. The first-order valence-electron chi connectivity index (χ1n) is 8.11. The van der Waals surface area contributed by atoms with E-state index in [-0.39, 0.29) is 12.4 Å². The highest BCUT2D eigenvalue weighted by Gasteiger charge is 2.11. The molecule has 0 bridgehead atoms. The third-order valence-electron chi connectivity index (χ3n) is 3.82. The molecule has 0 spiro atoms. The molecular weight excluding hydrogens is 316 g/mol. The molecule has 1 heterocycles. The van der Waals surface area contributed by atoms with Crippen LogP contribution >= 0.6 is 0 Å². The molecule has 0 unspecified atom stereocenters. The Morgan fingerprint density at radius 1 is 1.16 bits per heavy atom. The van der Waals surface area contributed by atoms with Crippen molar-refractivity contribution in [2.75, 3.05) is 6.61 Å². The molecule has 128 valence electrons. The molecule has 5 nitrogen and oxygen atoms in total. The molecule has 2 aromatic carbocycles. The molecule has 0 amide bonds. The maximum Gasteiger partial charge on any atom is 0.163 e. The number of aliphatic hydroxyl groups excluding tert-OH is 1. The molecule has 1 N–H and O–H groups in total. The van der Waals surface area contributed by atoms with Crippen LogP contribution in [0.1, 0.15) is 17.3 Å². The second-order valence-electron chi connectivity index (χ2n) is 5.84. The van der Waals surface area contributed by atoms with Gasteiger partial charge >= 0.3 is 0 Å². The molecule has 0 saturated carbocycles. The summed E-state index contributed by atoms with van der Waals surface area (Å²) in [7, 11) is 0. The monoisotopic (exact) mass is 336 g/mol. The average molecular weight is 336 g/mol. The number of para-hydroxylation sites is 1. The van der Waals surface area contributed by atoms with Crippen molar-refractivity contribution in [3.63, 3.8) is 0 Å². The minimum absolute atomic E-state index is 0.0628. The Morgan fingerprint density at radius 2 is 1.88 bits per heavy atom. The lowest BCUT2D eigenvalue weighted by molar-refractivity contribution is 0.0897. The van der Waals surface area contributed by atoms with Gasteiger partial charge in [-0.25, -0.2) is 4.98 Å². The van der Waals surface area contributed by atoms with Crippen LogP contribution in [0.5, 0.6) is 5.75 Å². The zero-order chi connectivity index (χ0) is 17.6. The molecule has 1 atom stereocenters. The Kier molecular flexibility index (Phi) is 5.26. The van der Waals surface area contributed by atoms with Gasteiger partial charge in [-0.15, -0.1) is 0 Å². The van der Waals surface area contributed by atoms with Crippen LogP contribution in [-0.4, -0.2) is 33.2 Å². The molecule has 0 aliphatic carbocycles. The van der Waals surface area contributed by atoms with Gasteiger partial charge in [0.2, 0.25) is 0 Å². The van der Waals surface area contributed by atoms with Crippen LogP contribution in [0.3, 0.4) is 0 Å². The lowest BCUT2D eigenvalue weighted by Gasteiger charge is -2.14. The molecule has 3 rings (SSSR count). The Bertz CT molecular complexity index is 843. The number of ketones is 1. The van der Waals surface area contributed by atoms with Gasteiger partial charge in [0.25, 0.3) is 0 Å². The number of benzene rings is 2. The zero-order valence-electron chi connectivity index (χ0n) is 14.0. The van der Waals surface area contributed by atoms with Crippen molar-refractivity contribution in [2.24, 2.45) is 0 Å². The molecule has 25 heavy (non-hydrogen) atoms. The summed E-state index contributed by atoms with van der Waals surface area (Å²) >= 11 is 0. The number of carbonyl (C=O) groups is 1. The maximum atomic E-state index is 11.6. The summed E-state index contributed by atoms with van der Waals surface area (Å²) < 4.78 is 7.45. The van der Waals surface area contributed by atoms with Gasteiger partial charge in [-0.3, -0.25) is 4.79 Å². The molecular formula is C20H20N2O3. The van der Waals surface area contributed by atoms with Gasteiger partial charge in [-0.2, -0.15) is 0 Å². The van der Waals surface area contributed by atoms with Gasteiger partial charge in [0, 0.05) is 11.8 Å². The second kappa shape index (κ2) is 7.77. The predicted molar refractivity (Wildman–Crippen MR) is 95.6 cm³/mol. The molecule has 5 heteroatoms. The van der Waals surface area contributed by atoms with Crippen LogP contribution in [-0.2, 0) is 6.54 Å². The second-order valence-corrected chi connectivity index (χ2v) is 5.84. The Hall–Kier alpha value is -2.92. The number of nitrogens with zero attached hydrogens (tertiary/aromatic N) is 2. The SMILES string of the molecule is CC(=O)c1ccccc1OC[C@@H](O)Cn1cnc(-c2ccccc2)c1. The number of hydrogen-bond donors (Lipinski definition) is 1. The van der Waals surface area contributed by atoms with Crippen LogP contribution in [0.15, 0.2) is 67.1 Å². The smallest absolute Gasteiger partial charge is 0.163 e. The largest absolute Gasteiger partial charge is 0.490 e. The topological polar surface area (TPSA) is 64.3 Å². The number of hydrogen-bond acceptors (Lipinski definition) is 4. The molecule has 0 fully saturated rings. The maximum absolute atomic E-state index is 11.6. The van der Waals surface area contributed by atoms with Crippen LogP contribution in [0.4, 0.5) is 0 Å². The number of aromatic nitrogens is 2. The summed E-state index contributed by atoms with van der Waals surface area (Å²) in [5.74, 6) is 0.428. The highest BCUT2D eigenvalue weighted by molar-refractivity contribution is 5.96. The summed E-state index contributed by atoms with van der Waals surface area (Å²) in [5, 5.41) is 10.2. The number of aliphatic hydroxyl groups is 1. The Labute approximate surface area is 146 Å². The van der Waals surface area contributed by atoms with E-state index in [2.05, 4.69) is 4.98 Å². The number of rotatable bonds is 7. The number of imidazole rings is 1. The summed E-state index contributed by atoms with van der Waals surface area (Å²) in [5.41, 5.74) is 2.40. The van der Waals surface area contributed by atoms with Crippen molar-refractivity contribution in [1.29, 1.82) is 0 Å². The standard InChI is InChI=1S/C20H20N2O3/c1-15(23)18-9-5-6-10-20(18)25-13-17(24)11-22-12-19(21-14-22)16-7-3-2-4-8-16/h2-10,12,14,17,24H,11,13H2,1H3/t17-/m0/s1. The summed E-state index contributed by atoms with van der Waals surface area (Å²) in [4.78, 5) is 15.9. The quantitative estimate of drug-likeness (QED) is 0.673. The summed E-state index contributed by atoms with van der Waals surface area (Å²) in [6.07, 6.45) is 2.87. The number of carbonyl (C=O) groups excluding carboxylic acids is 1. The van der Waals surface area contributed by atoms with Gasteiger partial charge < -0.3 is 14.4 Å². The van der Waals surface area contributed by atoms with Crippen molar-refractivity contribution >= 4 is 5.78 Å². The third kappa shape index (κ3) is 4.33. The first-order chi connectivity index (χ1) is 12.1. The van der Waals surface area contributed by atoms with E-state index in [0.29, 0.717) is 17.9 Å². The predicted octanol–water partition coefficient (Wildman–Crippen LogP) is 3.19. The van der Waals surface area contributed by atoms with E-state index < -0.39 is 6.10 Å². The van der Waals surface area contributed by atoms with E-state index in [4.69, 9.17) is 4.74 Å². The number of ether oxygens (including phenoxy) is 1. The molecule has 0 saturated heterocycles. The van der Waals surface area contributed by atoms with Crippen LogP contribution in [0, 0.1) is 0 Å². The zero-order valence-corrected chi connectivity index (χ0v) is 14.0. The first kappa shape index (κ1) is 16.9. The number of Topliss-reactive ketones (excluding diaryl/α,β-unsaturated/α-hetero) is 1. The molecule has 3 aromatic rings. The highest BCUT2D eigenvalue weighted by atomic mass is 16.5. The van der Waals surface area contributed by atoms with Crippen molar-refractivity contribution in [3.05, 3.63) is 72.7 Å². The van der Waals surface area contributed by atoms with Crippen molar-refractivity contribution in [2.45, 2.75) is 19.6 Å². The molecule has 1 aromatic heterocycles. The fraction of sp³-hybridized carbons (Fsp3) is 0.200. The fourth-order valence-corrected chi connectivity index (χ4v) is 2.58. The highest BCUT2D eigenvalue weighted by Crippen LogP contribution is 2.19. The minimum atomic E-state index is -0.710. The average Bonchev–Trinajstić information content (AvgIpc) is 3.09. The lowest BCUT2D eigenvalue weighted by Crippen LogP contribution is -2.23. The van der Waals surface area contributed by atoms with E-state index in [1.165, 1.54) is 6.92 Å². The van der Waals surface area contributed by atoms with Gasteiger partial charge in [0.1, 0.15) is 18.5 Å². The summed E-state index contributed by atoms with van der Waals surface area (Å²) in [6, 6.07) is 16.9. The normalized spacial score (nSPS) is 11.9. The third-order valence-corrected chi connectivity index (χ3v) is 3.82. The van der Waals surface area contributed by atoms with Gasteiger partial charge in [0.05, 0.1) is 24.1 Å². The van der Waals surface area contributed by atoms with Crippen LogP contribution in [0.25, 0.3) is 11.3 Å². The van der Waals surface area contributed by atoms with E-state index >= 15 is 0 Å². The molecule has 0 aliphatic rings. The van der Waals surface area contributed by atoms with E-state index in [9.17, 15) is 9.90 Å². The van der Waals surface area contributed by atoms with E-state index in [1.54, 1.807) is 30.6 Å². The van der Waals surface area contributed by atoms with E-state index in [1.807, 2.05) is 41.1 Å². The molecule has 0 aliphatic heterocycles. The first-order valence-corrected chi connectivity index (χ1v) is 8.11. The van der Waals surface area contributed by atoms with Crippen molar-refractivity contribution in [1.82, 2.24) is 9.55 Å². The van der Waals surface area contributed by atoms with Crippen molar-refractivity contribution in [3.8, 4) is 17.0 Å². The fourth-order valence-electron chi connectivity index (χ4n) is 2.58. The van der Waals surface area contributed by atoms with Gasteiger partial charge in [-0.05, 0) is 19.1 Å². The van der Waals surface area contributed by atoms with Crippen molar-refractivity contribution < 1.29 is 14.6 Å². The van der Waals surface area contributed by atoms with Crippen LogP contribution < -0.4 is 4.74 Å². The summed E-state index contributed by atoms with van der Waals surface area (Å²) in [6.45, 7) is 1.96. The van der Waals surface area contributed by atoms with Gasteiger partial charge in [-0.1, -0.05) is 42.5 Å². The Balaban J connectivity index is 1.59. The van der Waals surface area contributed by atoms with E-state index in [0.717, 1.165) is 11.3 Å².